The van der Waals surface area contributed by atoms with E-state index >= 15 is 0 Å². The molecule has 0 spiro atoms. The van der Waals surface area contributed by atoms with Crippen LogP contribution in [0, 0.1) is 0 Å². The van der Waals surface area contributed by atoms with Crippen molar-refractivity contribution in [1.29, 1.82) is 0 Å². The third kappa shape index (κ3) is 7.10. The summed E-state index contributed by atoms with van der Waals surface area (Å²) in [5, 5.41) is 2.80. The number of esters is 1. The van der Waals surface area contributed by atoms with Crippen molar-refractivity contribution in [3.05, 3.63) is 108 Å². The van der Waals surface area contributed by atoms with Crippen molar-refractivity contribution in [1.82, 2.24) is 5.32 Å². The van der Waals surface area contributed by atoms with Crippen LogP contribution in [0.3, 0.4) is 0 Å². The van der Waals surface area contributed by atoms with Crippen LogP contribution in [-0.4, -0.2) is 32.6 Å². The predicted molar refractivity (Wildman–Crippen MR) is 132 cm³/mol. The molecule has 0 aliphatic rings. The molecule has 0 heterocycles. The van der Waals surface area contributed by atoms with E-state index in [1.807, 2.05) is 60.7 Å². The molecule has 34 heavy (non-hydrogen) atoms. The van der Waals surface area contributed by atoms with Crippen LogP contribution in [0.25, 0.3) is 12.2 Å². The van der Waals surface area contributed by atoms with E-state index in [0.717, 1.165) is 11.1 Å². The number of nitrogens with one attached hydrogen (secondary N) is 1. The average Bonchev–Trinajstić information content (AvgIpc) is 2.89. The average molecular weight is 458 g/mol. The monoisotopic (exact) mass is 457 g/mol. The molecule has 3 rings (SSSR count). The molecule has 0 aliphatic carbocycles. The summed E-state index contributed by atoms with van der Waals surface area (Å²) in [6, 6.07) is 24.2. The van der Waals surface area contributed by atoms with Gasteiger partial charge in [0.1, 0.15) is 6.10 Å². The van der Waals surface area contributed by atoms with E-state index in [1.165, 1.54) is 26.4 Å². The molecule has 6 nitrogen and oxygen atoms in total. The number of benzene rings is 3. The summed E-state index contributed by atoms with van der Waals surface area (Å²) in [6.07, 6.45) is 5.37. The Hall–Kier alpha value is -4.32. The van der Waals surface area contributed by atoms with Gasteiger partial charge in [-0.15, -0.1) is 0 Å². The molecule has 0 saturated heterocycles. The molecule has 3 aromatic rings. The molecule has 0 bridgehead atoms. The zero-order chi connectivity index (χ0) is 24.2. The Morgan fingerprint density at radius 2 is 1.41 bits per heavy atom. The zero-order valence-corrected chi connectivity index (χ0v) is 19.1. The molecule has 0 unspecified atom stereocenters. The molecule has 0 aliphatic heterocycles. The van der Waals surface area contributed by atoms with Crippen LogP contribution in [-0.2, 0) is 14.3 Å². The quantitative estimate of drug-likeness (QED) is 0.349. The Kier molecular flexibility index (Phi) is 9.05. The van der Waals surface area contributed by atoms with Crippen molar-refractivity contribution in [3.63, 3.8) is 0 Å². The number of para-hydroxylation sites is 1. The standard InChI is InChI=1S/C28H27NO5/c1-32-24-15-9-14-23(28(24)33-2)25(34-27(31)19-17-22-12-7-4-8-13-22)20-29-26(30)18-16-21-10-5-3-6-11-21/h3-19,25H,20H2,1-2H3,(H,29,30)/b18-16+,19-17+/t25-/m1/s1. The van der Waals surface area contributed by atoms with E-state index in [4.69, 9.17) is 14.2 Å². The van der Waals surface area contributed by atoms with Gasteiger partial charge in [-0.25, -0.2) is 4.79 Å². The summed E-state index contributed by atoms with van der Waals surface area (Å²) in [4.78, 5) is 25.0. The summed E-state index contributed by atoms with van der Waals surface area (Å²) in [5.41, 5.74) is 2.35. The van der Waals surface area contributed by atoms with Gasteiger partial charge in [0.15, 0.2) is 11.5 Å². The van der Waals surface area contributed by atoms with E-state index in [1.54, 1.807) is 30.4 Å². The molecule has 174 valence electrons. The van der Waals surface area contributed by atoms with Crippen LogP contribution in [0.4, 0.5) is 0 Å². The van der Waals surface area contributed by atoms with E-state index in [-0.39, 0.29) is 12.5 Å². The number of rotatable bonds is 10. The van der Waals surface area contributed by atoms with Crippen LogP contribution in [0.15, 0.2) is 91.0 Å². The fraction of sp³-hybridized carbons (Fsp3) is 0.143. The second-order valence-electron chi connectivity index (χ2n) is 7.24. The number of hydrogen-bond donors (Lipinski definition) is 1. The number of amides is 1. The predicted octanol–water partition coefficient (Wildman–Crippen LogP) is 4.83. The number of carbonyl (C=O) groups is 2. The van der Waals surface area contributed by atoms with Crippen molar-refractivity contribution in [2.24, 2.45) is 0 Å². The first-order valence-corrected chi connectivity index (χ1v) is 10.8. The van der Waals surface area contributed by atoms with Crippen molar-refractivity contribution in [2.75, 3.05) is 20.8 Å². The van der Waals surface area contributed by atoms with E-state index in [2.05, 4.69) is 5.32 Å². The Labute approximate surface area is 199 Å². The van der Waals surface area contributed by atoms with Crippen molar-refractivity contribution in [2.45, 2.75) is 6.10 Å². The highest BCUT2D eigenvalue weighted by Gasteiger charge is 2.23. The van der Waals surface area contributed by atoms with Gasteiger partial charge in [-0.2, -0.15) is 0 Å². The minimum atomic E-state index is -0.799. The fourth-order valence-electron chi connectivity index (χ4n) is 3.28. The SMILES string of the molecule is COc1cccc([C@@H](CNC(=O)/C=C/c2ccccc2)OC(=O)/C=C/c2ccccc2)c1OC. The molecule has 1 atom stereocenters. The normalized spacial score (nSPS) is 11.8. The molecule has 0 saturated carbocycles. The van der Waals surface area contributed by atoms with Gasteiger partial charge >= 0.3 is 5.97 Å². The van der Waals surface area contributed by atoms with E-state index < -0.39 is 12.1 Å². The lowest BCUT2D eigenvalue weighted by molar-refractivity contribution is -0.143. The lowest BCUT2D eigenvalue weighted by Gasteiger charge is -2.21. The van der Waals surface area contributed by atoms with Gasteiger partial charge < -0.3 is 19.5 Å². The summed E-state index contributed by atoms with van der Waals surface area (Å²) in [5.74, 6) is 0.0690. The fourth-order valence-corrected chi connectivity index (χ4v) is 3.28. The van der Waals surface area contributed by atoms with Crippen LogP contribution in [0.5, 0.6) is 11.5 Å². The minimum absolute atomic E-state index is 0.0480. The third-order valence-corrected chi connectivity index (χ3v) is 4.94. The minimum Gasteiger partial charge on any atom is -0.493 e. The number of ether oxygens (including phenoxy) is 3. The number of carbonyl (C=O) groups excluding carboxylic acids is 2. The highest BCUT2D eigenvalue weighted by Crippen LogP contribution is 2.36. The molecule has 6 heteroatoms. The van der Waals surface area contributed by atoms with Gasteiger partial charge in [0.25, 0.3) is 0 Å². The first kappa shape index (κ1) is 24.3. The summed E-state index contributed by atoms with van der Waals surface area (Å²) in [6.45, 7) is 0.0480. The maximum Gasteiger partial charge on any atom is 0.331 e. The molecule has 0 aromatic heterocycles. The van der Waals surface area contributed by atoms with Gasteiger partial charge in [0, 0.05) is 17.7 Å². The van der Waals surface area contributed by atoms with Crippen molar-refractivity contribution >= 4 is 24.0 Å². The first-order valence-electron chi connectivity index (χ1n) is 10.8. The smallest absolute Gasteiger partial charge is 0.331 e. The van der Waals surface area contributed by atoms with Crippen LogP contribution < -0.4 is 14.8 Å². The van der Waals surface area contributed by atoms with E-state index in [0.29, 0.717) is 17.1 Å². The van der Waals surface area contributed by atoms with Gasteiger partial charge in [-0.1, -0.05) is 72.8 Å². The maximum absolute atomic E-state index is 12.6. The number of methoxy groups -OCH3 is 2. The van der Waals surface area contributed by atoms with Gasteiger partial charge in [-0.3, -0.25) is 4.79 Å². The lowest BCUT2D eigenvalue weighted by atomic mass is 10.1. The van der Waals surface area contributed by atoms with Crippen LogP contribution in [0.1, 0.15) is 22.8 Å². The Morgan fingerprint density at radius 1 is 0.794 bits per heavy atom. The summed E-state index contributed by atoms with van der Waals surface area (Å²) < 4.78 is 16.6. The maximum atomic E-state index is 12.6. The van der Waals surface area contributed by atoms with Gasteiger partial charge in [0.2, 0.25) is 5.91 Å². The van der Waals surface area contributed by atoms with Crippen molar-refractivity contribution < 1.29 is 23.8 Å². The molecule has 0 fully saturated rings. The largest absolute Gasteiger partial charge is 0.493 e. The molecule has 0 radical (unpaired) electrons. The molecule has 1 amide bonds. The lowest BCUT2D eigenvalue weighted by Crippen LogP contribution is -2.29. The summed E-state index contributed by atoms with van der Waals surface area (Å²) in [7, 11) is 3.04. The highest BCUT2D eigenvalue weighted by molar-refractivity contribution is 5.91. The van der Waals surface area contributed by atoms with Crippen LogP contribution >= 0.6 is 0 Å². The topological polar surface area (TPSA) is 73.9 Å². The van der Waals surface area contributed by atoms with Crippen molar-refractivity contribution in [3.8, 4) is 11.5 Å². The second kappa shape index (κ2) is 12.6. The Balaban J connectivity index is 1.76. The van der Waals surface area contributed by atoms with Gasteiger partial charge in [0.05, 0.1) is 20.8 Å². The first-order chi connectivity index (χ1) is 16.6. The van der Waals surface area contributed by atoms with Crippen LogP contribution in [0.2, 0.25) is 0 Å². The number of hydrogen-bond acceptors (Lipinski definition) is 5. The molecule has 1 N–H and O–H groups in total. The Morgan fingerprint density at radius 3 is 2.00 bits per heavy atom. The summed E-state index contributed by atoms with van der Waals surface area (Å²) >= 11 is 0. The Bertz CT molecular complexity index is 1140. The molecular weight excluding hydrogens is 430 g/mol. The highest BCUT2D eigenvalue weighted by atomic mass is 16.5. The molecular formula is C28H27NO5. The van der Waals surface area contributed by atoms with E-state index in [9.17, 15) is 9.59 Å². The molecule has 3 aromatic carbocycles. The third-order valence-electron chi connectivity index (χ3n) is 4.94. The second-order valence-corrected chi connectivity index (χ2v) is 7.24. The van der Waals surface area contributed by atoms with Gasteiger partial charge in [-0.05, 0) is 29.3 Å². The zero-order valence-electron chi connectivity index (χ0n) is 19.1.